The van der Waals surface area contributed by atoms with Crippen LogP contribution in [0.2, 0.25) is 0 Å². The van der Waals surface area contributed by atoms with Gasteiger partial charge in [-0.2, -0.15) is 4.39 Å². The molecule has 0 aromatic carbocycles. The van der Waals surface area contributed by atoms with E-state index in [1.54, 1.807) is 0 Å². The molecule has 0 spiro atoms. The minimum Gasteiger partial charge on any atom is -0.395 e. The van der Waals surface area contributed by atoms with E-state index in [0.717, 1.165) is 0 Å². The van der Waals surface area contributed by atoms with Gasteiger partial charge in [-0.1, -0.05) is 0 Å². The minimum atomic E-state index is -1.47. The van der Waals surface area contributed by atoms with Crippen molar-refractivity contribution < 1.29 is 14.3 Å². The molecule has 0 heterocycles. The molecule has 1 N–H and O–H groups in total. The summed E-state index contributed by atoms with van der Waals surface area (Å²) in [6, 6.07) is -1.47. The van der Waals surface area contributed by atoms with Crippen molar-refractivity contribution in [3.63, 3.8) is 0 Å². The van der Waals surface area contributed by atoms with Gasteiger partial charge in [0.2, 0.25) is 0 Å². The quantitative estimate of drug-likeness (QED) is 0.539. The Morgan fingerprint density at radius 2 is 2.12 bits per heavy atom. The molecule has 8 heavy (non-hydrogen) atoms. The first-order valence-electron chi connectivity index (χ1n) is 2.31. The summed E-state index contributed by atoms with van der Waals surface area (Å²) in [4.78, 5) is 9.87. The second kappa shape index (κ2) is 2.22. The Labute approximate surface area is 47.3 Å². The molecule has 0 aliphatic heterocycles. The third-order valence-electron chi connectivity index (χ3n) is 0.927. The standard InChI is InChI=1S/C5H9FO2/c1-5(2,3-7)4(6)8/h7H,3H2,1-2H3. The highest BCUT2D eigenvalue weighted by molar-refractivity contribution is 5.74. The van der Waals surface area contributed by atoms with Gasteiger partial charge in [0.25, 0.3) is 0 Å². The summed E-state index contributed by atoms with van der Waals surface area (Å²) >= 11 is 0. The van der Waals surface area contributed by atoms with Crippen LogP contribution in [0.5, 0.6) is 0 Å². The Kier molecular flexibility index (Phi) is 2.10. The highest BCUT2D eigenvalue weighted by atomic mass is 19.1. The van der Waals surface area contributed by atoms with Gasteiger partial charge < -0.3 is 5.11 Å². The summed E-state index contributed by atoms with van der Waals surface area (Å²) in [5, 5.41) is 8.30. The topological polar surface area (TPSA) is 37.3 Å². The van der Waals surface area contributed by atoms with Crippen molar-refractivity contribution in [3.8, 4) is 0 Å². The van der Waals surface area contributed by atoms with Crippen molar-refractivity contribution >= 4 is 6.04 Å². The fraction of sp³-hybridized carbons (Fsp3) is 0.800. The number of hydrogen-bond donors (Lipinski definition) is 1. The predicted molar refractivity (Wildman–Crippen MR) is 27.0 cm³/mol. The van der Waals surface area contributed by atoms with Gasteiger partial charge in [-0.3, -0.25) is 4.79 Å². The summed E-state index contributed by atoms with van der Waals surface area (Å²) in [7, 11) is 0. The van der Waals surface area contributed by atoms with Gasteiger partial charge in [0.05, 0.1) is 12.0 Å². The van der Waals surface area contributed by atoms with E-state index in [1.807, 2.05) is 0 Å². The average molecular weight is 120 g/mol. The van der Waals surface area contributed by atoms with E-state index in [9.17, 15) is 9.18 Å². The van der Waals surface area contributed by atoms with E-state index >= 15 is 0 Å². The van der Waals surface area contributed by atoms with E-state index in [0.29, 0.717) is 0 Å². The number of aliphatic hydroxyl groups is 1. The number of aliphatic hydroxyl groups excluding tert-OH is 1. The molecule has 0 aliphatic rings. The molecule has 0 aliphatic carbocycles. The SMILES string of the molecule is CC(C)(CO)C(=O)F. The lowest BCUT2D eigenvalue weighted by molar-refractivity contribution is -0.140. The van der Waals surface area contributed by atoms with Gasteiger partial charge in [0.1, 0.15) is 0 Å². The number of halogens is 1. The maximum absolute atomic E-state index is 11.7. The molecule has 3 heteroatoms. The van der Waals surface area contributed by atoms with Gasteiger partial charge in [-0.05, 0) is 13.8 Å². The molecular weight excluding hydrogens is 111 g/mol. The average Bonchev–Trinajstić information content (AvgIpc) is 1.67. The lowest BCUT2D eigenvalue weighted by atomic mass is 9.96. The molecular formula is C5H9FO2. The van der Waals surface area contributed by atoms with Gasteiger partial charge in [-0.15, -0.1) is 0 Å². The lowest BCUT2D eigenvalue weighted by Gasteiger charge is -2.12. The number of rotatable bonds is 2. The van der Waals surface area contributed by atoms with Crippen LogP contribution in [-0.4, -0.2) is 17.8 Å². The molecule has 0 aromatic rings. The van der Waals surface area contributed by atoms with Crippen LogP contribution in [0.15, 0.2) is 0 Å². The minimum absolute atomic E-state index is 0.442. The molecule has 0 amide bonds. The first-order valence-corrected chi connectivity index (χ1v) is 2.31. The van der Waals surface area contributed by atoms with Crippen LogP contribution in [0.3, 0.4) is 0 Å². The zero-order chi connectivity index (χ0) is 6.78. The maximum atomic E-state index is 11.7. The number of carbonyl (C=O) groups is 1. The molecule has 0 fully saturated rings. The molecule has 0 aromatic heterocycles. The maximum Gasteiger partial charge on any atom is 0.309 e. The monoisotopic (exact) mass is 120 g/mol. The molecule has 0 bridgehead atoms. The second-order valence-electron chi connectivity index (χ2n) is 2.32. The van der Waals surface area contributed by atoms with Crippen LogP contribution >= 0.6 is 0 Å². The van der Waals surface area contributed by atoms with E-state index < -0.39 is 18.1 Å². The van der Waals surface area contributed by atoms with Crippen LogP contribution < -0.4 is 0 Å². The molecule has 0 atom stereocenters. The summed E-state index contributed by atoms with van der Waals surface area (Å²) < 4.78 is 11.7. The van der Waals surface area contributed by atoms with Crippen molar-refractivity contribution in [2.75, 3.05) is 6.61 Å². The third-order valence-corrected chi connectivity index (χ3v) is 0.927. The van der Waals surface area contributed by atoms with Crippen molar-refractivity contribution in [2.45, 2.75) is 13.8 Å². The van der Waals surface area contributed by atoms with Crippen molar-refractivity contribution in [2.24, 2.45) is 5.41 Å². The van der Waals surface area contributed by atoms with Crippen LogP contribution in [0.1, 0.15) is 13.8 Å². The second-order valence-corrected chi connectivity index (χ2v) is 2.32. The van der Waals surface area contributed by atoms with Crippen molar-refractivity contribution in [1.82, 2.24) is 0 Å². The predicted octanol–water partition coefficient (Wildman–Crippen LogP) is 0.501. The van der Waals surface area contributed by atoms with Gasteiger partial charge in [-0.25, -0.2) is 0 Å². The Balaban J connectivity index is 3.91. The highest BCUT2D eigenvalue weighted by Crippen LogP contribution is 2.14. The van der Waals surface area contributed by atoms with Gasteiger partial charge in [0.15, 0.2) is 0 Å². The van der Waals surface area contributed by atoms with E-state index in [2.05, 4.69) is 0 Å². The van der Waals surface area contributed by atoms with E-state index in [4.69, 9.17) is 5.11 Å². The van der Waals surface area contributed by atoms with Crippen LogP contribution in [0, 0.1) is 5.41 Å². The first kappa shape index (κ1) is 7.56. The molecule has 0 saturated carbocycles. The third kappa shape index (κ3) is 1.58. The zero-order valence-electron chi connectivity index (χ0n) is 4.94. The molecule has 2 nitrogen and oxygen atoms in total. The van der Waals surface area contributed by atoms with E-state index in [-0.39, 0.29) is 0 Å². The van der Waals surface area contributed by atoms with Gasteiger partial charge >= 0.3 is 6.04 Å². The highest BCUT2D eigenvalue weighted by Gasteiger charge is 2.25. The molecule has 0 radical (unpaired) electrons. The summed E-state index contributed by atoms with van der Waals surface area (Å²) in [6.45, 7) is 2.24. The van der Waals surface area contributed by atoms with Crippen LogP contribution in [-0.2, 0) is 4.79 Å². The lowest BCUT2D eigenvalue weighted by Crippen LogP contribution is -2.24. The summed E-state index contributed by atoms with van der Waals surface area (Å²) in [5.74, 6) is 0. The summed E-state index contributed by atoms with van der Waals surface area (Å²) in [6.07, 6.45) is 0. The fourth-order valence-corrected chi connectivity index (χ4v) is 0.0622. The molecule has 0 unspecified atom stereocenters. The van der Waals surface area contributed by atoms with E-state index in [1.165, 1.54) is 13.8 Å². The van der Waals surface area contributed by atoms with Crippen LogP contribution in [0.4, 0.5) is 4.39 Å². The largest absolute Gasteiger partial charge is 0.395 e. The van der Waals surface area contributed by atoms with Crippen molar-refractivity contribution in [3.05, 3.63) is 0 Å². The summed E-state index contributed by atoms with van der Waals surface area (Å²) in [5.41, 5.74) is -1.21. The first-order chi connectivity index (χ1) is 3.50. The van der Waals surface area contributed by atoms with Crippen LogP contribution in [0.25, 0.3) is 0 Å². The van der Waals surface area contributed by atoms with Crippen molar-refractivity contribution in [1.29, 1.82) is 0 Å². The molecule has 0 saturated heterocycles. The van der Waals surface area contributed by atoms with Gasteiger partial charge in [0, 0.05) is 0 Å². The molecule has 0 rings (SSSR count). The number of carbonyl (C=O) groups excluding carboxylic acids is 1. The number of hydrogen-bond acceptors (Lipinski definition) is 2. The fourth-order valence-electron chi connectivity index (χ4n) is 0.0622. The Hall–Kier alpha value is -0.440. The normalized spacial score (nSPS) is 11.5. The Morgan fingerprint density at radius 1 is 1.75 bits per heavy atom. The zero-order valence-corrected chi connectivity index (χ0v) is 4.94. The molecule has 48 valence electrons. The smallest absolute Gasteiger partial charge is 0.309 e. The Bertz CT molecular complexity index is 98.6. The Morgan fingerprint density at radius 3 is 2.12 bits per heavy atom.